The smallest absolute Gasteiger partial charge is 0.219 e. The molecule has 0 aliphatic heterocycles. The van der Waals surface area contributed by atoms with Crippen molar-refractivity contribution in [2.75, 3.05) is 26.7 Å². The number of benzene rings is 1. The first-order valence-corrected chi connectivity index (χ1v) is 7.33. The van der Waals surface area contributed by atoms with E-state index in [9.17, 15) is 4.79 Å². The summed E-state index contributed by atoms with van der Waals surface area (Å²) < 4.78 is 5.64. The van der Waals surface area contributed by atoms with Crippen LogP contribution in [-0.4, -0.2) is 32.7 Å². The van der Waals surface area contributed by atoms with Crippen molar-refractivity contribution < 1.29 is 9.53 Å². The lowest BCUT2D eigenvalue weighted by atomic mass is 10.2. The van der Waals surface area contributed by atoms with Crippen LogP contribution < -0.4 is 15.4 Å². The molecule has 1 rings (SSSR count). The van der Waals surface area contributed by atoms with E-state index in [1.54, 1.807) is 0 Å². The monoisotopic (exact) mass is 278 g/mol. The van der Waals surface area contributed by atoms with Gasteiger partial charge in [-0.15, -0.1) is 0 Å². The van der Waals surface area contributed by atoms with E-state index in [0.29, 0.717) is 13.0 Å². The van der Waals surface area contributed by atoms with Gasteiger partial charge in [0.25, 0.3) is 0 Å². The molecule has 20 heavy (non-hydrogen) atoms. The number of hydrogen-bond donors (Lipinski definition) is 2. The molecule has 0 aliphatic rings. The van der Waals surface area contributed by atoms with Crippen LogP contribution in [0.1, 0.15) is 31.2 Å². The molecule has 0 spiro atoms. The molecule has 0 unspecified atom stereocenters. The van der Waals surface area contributed by atoms with Gasteiger partial charge in [-0.25, -0.2) is 0 Å². The fourth-order valence-corrected chi connectivity index (χ4v) is 1.86. The molecule has 112 valence electrons. The van der Waals surface area contributed by atoms with Gasteiger partial charge in [-0.2, -0.15) is 0 Å². The number of hydrogen-bond acceptors (Lipinski definition) is 3. The number of ether oxygens (including phenoxy) is 1. The number of rotatable bonds is 10. The Morgan fingerprint density at radius 2 is 2.05 bits per heavy atom. The topological polar surface area (TPSA) is 50.4 Å². The third-order valence-electron chi connectivity index (χ3n) is 2.98. The Kier molecular flexibility index (Phi) is 8.47. The lowest BCUT2D eigenvalue weighted by molar-refractivity contribution is -0.121. The summed E-state index contributed by atoms with van der Waals surface area (Å²) in [6.45, 7) is 4.39. The van der Waals surface area contributed by atoms with Crippen molar-refractivity contribution in [3.8, 4) is 5.75 Å². The van der Waals surface area contributed by atoms with Gasteiger partial charge in [0.15, 0.2) is 0 Å². The molecule has 4 heteroatoms. The molecule has 0 aliphatic carbocycles. The molecule has 1 amide bonds. The minimum absolute atomic E-state index is 0.136. The summed E-state index contributed by atoms with van der Waals surface area (Å²) in [7, 11) is 1.91. The van der Waals surface area contributed by atoms with E-state index < -0.39 is 0 Å². The minimum atomic E-state index is 0.136. The van der Waals surface area contributed by atoms with Gasteiger partial charge in [-0.3, -0.25) is 4.79 Å². The number of amides is 1. The second-order valence-corrected chi connectivity index (χ2v) is 4.93. The Hall–Kier alpha value is -1.55. The SMILES string of the molecule is CNCCCNC(=O)CCCCOc1cccc(C)c1. The van der Waals surface area contributed by atoms with Crippen LogP contribution in [0.15, 0.2) is 24.3 Å². The average molecular weight is 278 g/mol. The van der Waals surface area contributed by atoms with Gasteiger partial charge in [-0.1, -0.05) is 12.1 Å². The zero-order valence-electron chi connectivity index (χ0n) is 12.6. The van der Waals surface area contributed by atoms with Crippen molar-refractivity contribution in [1.29, 1.82) is 0 Å². The number of carbonyl (C=O) groups excluding carboxylic acids is 1. The highest BCUT2D eigenvalue weighted by Gasteiger charge is 2.00. The van der Waals surface area contributed by atoms with Crippen LogP contribution in [0.3, 0.4) is 0 Å². The second kappa shape index (κ2) is 10.3. The van der Waals surface area contributed by atoms with Gasteiger partial charge in [0.2, 0.25) is 5.91 Å². The molecule has 0 fully saturated rings. The molecular formula is C16H26N2O2. The van der Waals surface area contributed by atoms with E-state index in [2.05, 4.69) is 10.6 Å². The van der Waals surface area contributed by atoms with Crippen LogP contribution >= 0.6 is 0 Å². The van der Waals surface area contributed by atoms with Crippen LogP contribution in [-0.2, 0) is 4.79 Å². The van der Waals surface area contributed by atoms with Crippen LogP contribution in [0.2, 0.25) is 0 Å². The first kappa shape index (κ1) is 16.5. The van der Waals surface area contributed by atoms with Gasteiger partial charge in [-0.05, 0) is 57.5 Å². The average Bonchev–Trinajstić information content (AvgIpc) is 2.43. The largest absolute Gasteiger partial charge is 0.494 e. The van der Waals surface area contributed by atoms with Crippen molar-refractivity contribution in [2.24, 2.45) is 0 Å². The van der Waals surface area contributed by atoms with E-state index in [0.717, 1.165) is 38.1 Å². The van der Waals surface area contributed by atoms with Crippen LogP contribution in [0.5, 0.6) is 5.75 Å². The van der Waals surface area contributed by atoms with E-state index in [1.165, 1.54) is 5.56 Å². The van der Waals surface area contributed by atoms with Crippen molar-refractivity contribution in [1.82, 2.24) is 10.6 Å². The molecule has 2 N–H and O–H groups in total. The number of aryl methyl sites for hydroxylation is 1. The highest BCUT2D eigenvalue weighted by molar-refractivity contribution is 5.75. The Labute approximate surface area is 121 Å². The summed E-state index contributed by atoms with van der Waals surface area (Å²) in [4.78, 5) is 11.5. The normalized spacial score (nSPS) is 10.3. The number of carbonyl (C=O) groups is 1. The van der Waals surface area contributed by atoms with Crippen LogP contribution in [0.25, 0.3) is 0 Å². The molecule has 0 saturated carbocycles. The molecule has 1 aromatic rings. The van der Waals surface area contributed by atoms with Crippen molar-refractivity contribution in [2.45, 2.75) is 32.6 Å². The maximum Gasteiger partial charge on any atom is 0.219 e. The molecule has 0 bridgehead atoms. The Bertz CT molecular complexity index is 394. The summed E-state index contributed by atoms with van der Waals surface area (Å²) in [6, 6.07) is 8.02. The maximum atomic E-state index is 11.5. The van der Waals surface area contributed by atoms with Crippen LogP contribution in [0, 0.1) is 6.92 Å². The summed E-state index contributed by atoms with van der Waals surface area (Å²) in [5.74, 6) is 1.04. The Balaban J connectivity index is 2.00. The second-order valence-electron chi connectivity index (χ2n) is 4.93. The first-order chi connectivity index (χ1) is 9.72. The standard InChI is InChI=1S/C16H26N2O2/c1-14-7-5-8-15(13-14)20-12-4-3-9-16(19)18-11-6-10-17-2/h5,7-8,13,17H,3-4,6,9-12H2,1-2H3,(H,18,19). The number of nitrogens with one attached hydrogen (secondary N) is 2. The molecular weight excluding hydrogens is 252 g/mol. The fraction of sp³-hybridized carbons (Fsp3) is 0.562. The Morgan fingerprint density at radius 3 is 2.80 bits per heavy atom. The molecule has 0 saturated heterocycles. The van der Waals surface area contributed by atoms with Gasteiger partial charge in [0.05, 0.1) is 6.61 Å². The van der Waals surface area contributed by atoms with Crippen molar-refractivity contribution in [3.05, 3.63) is 29.8 Å². The van der Waals surface area contributed by atoms with Gasteiger partial charge < -0.3 is 15.4 Å². The predicted molar refractivity (Wildman–Crippen MR) is 82.1 cm³/mol. The molecule has 4 nitrogen and oxygen atoms in total. The van der Waals surface area contributed by atoms with Crippen molar-refractivity contribution in [3.63, 3.8) is 0 Å². The maximum absolute atomic E-state index is 11.5. The third kappa shape index (κ3) is 7.79. The molecule has 0 atom stereocenters. The fourth-order valence-electron chi connectivity index (χ4n) is 1.86. The van der Waals surface area contributed by atoms with E-state index in [1.807, 2.05) is 38.2 Å². The highest BCUT2D eigenvalue weighted by Crippen LogP contribution is 2.12. The first-order valence-electron chi connectivity index (χ1n) is 7.33. The minimum Gasteiger partial charge on any atom is -0.494 e. The Morgan fingerprint density at radius 1 is 1.20 bits per heavy atom. The van der Waals surface area contributed by atoms with Gasteiger partial charge in [0.1, 0.15) is 5.75 Å². The van der Waals surface area contributed by atoms with Crippen LogP contribution in [0.4, 0.5) is 0 Å². The number of unbranched alkanes of at least 4 members (excludes halogenated alkanes) is 1. The van der Waals surface area contributed by atoms with Gasteiger partial charge in [0, 0.05) is 13.0 Å². The van der Waals surface area contributed by atoms with E-state index in [4.69, 9.17) is 4.74 Å². The zero-order chi connectivity index (χ0) is 14.6. The van der Waals surface area contributed by atoms with Crippen molar-refractivity contribution >= 4 is 5.91 Å². The van der Waals surface area contributed by atoms with E-state index >= 15 is 0 Å². The quantitative estimate of drug-likeness (QED) is 0.646. The zero-order valence-corrected chi connectivity index (χ0v) is 12.6. The lowest BCUT2D eigenvalue weighted by Crippen LogP contribution is -2.26. The van der Waals surface area contributed by atoms with Gasteiger partial charge >= 0.3 is 0 Å². The molecule has 1 aromatic carbocycles. The summed E-state index contributed by atoms with van der Waals surface area (Å²) >= 11 is 0. The lowest BCUT2D eigenvalue weighted by Gasteiger charge is -2.07. The summed E-state index contributed by atoms with van der Waals surface area (Å²) in [5, 5.41) is 5.97. The van der Waals surface area contributed by atoms with E-state index in [-0.39, 0.29) is 5.91 Å². The highest BCUT2D eigenvalue weighted by atomic mass is 16.5. The third-order valence-corrected chi connectivity index (χ3v) is 2.98. The molecule has 0 heterocycles. The predicted octanol–water partition coefficient (Wildman–Crippen LogP) is 2.27. The molecule has 0 aromatic heterocycles. The molecule has 0 radical (unpaired) electrons. The summed E-state index contributed by atoms with van der Waals surface area (Å²) in [6.07, 6.45) is 3.32. The summed E-state index contributed by atoms with van der Waals surface area (Å²) in [5.41, 5.74) is 1.20.